The number of carbonyl (C=O) groups is 1. The van der Waals surface area contributed by atoms with Gasteiger partial charge in [0, 0.05) is 42.8 Å². The van der Waals surface area contributed by atoms with E-state index < -0.39 is 11.6 Å². The lowest BCUT2D eigenvalue weighted by molar-refractivity contribution is 0.0544. The standard InChI is InChI=1S/C20H21ClF2N4O/c21-15-4-1-13(2-5-15)18-12-19(25-24-18)26-7-9-27(10-8-26)20(28)14-3-6-16(22)17(23)11-14/h1-6,11,18-19,24-25H,7-10,12H2. The third kappa shape index (κ3) is 4.03. The molecule has 4 rings (SSSR count). The zero-order valence-electron chi connectivity index (χ0n) is 15.2. The van der Waals surface area contributed by atoms with Gasteiger partial charge in [0.25, 0.3) is 5.91 Å². The monoisotopic (exact) mass is 406 g/mol. The first-order valence-corrected chi connectivity index (χ1v) is 9.64. The third-order valence-electron chi connectivity index (χ3n) is 5.36. The lowest BCUT2D eigenvalue weighted by Gasteiger charge is -2.37. The van der Waals surface area contributed by atoms with Gasteiger partial charge in [-0.25, -0.2) is 19.6 Å². The topological polar surface area (TPSA) is 47.6 Å². The summed E-state index contributed by atoms with van der Waals surface area (Å²) < 4.78 is 26.5. The van der Waals surface area contributed by atoms with Gasteiger partial charge < -0.3 is 4.90 Å². The van der Waals surface area contributed by atoms with Crippen LogP contribution in [0.3, 0.4) is 0 Å². The maximum absolute atomic E-state index is 13.4. The number of hydrogen-bond acceptors (Lipinski definition) is 4. The molecule has 2 N–H and O–H groups in total. The SMILES string of the molecule is O=C(c1ccc(F)c(F)c1)N1CCN(C2CC(c3ccc(Cl)cc3)NN2)CC1. The molecule has 28 heavy (non-hydrogen) atoms. The van der Waals surface area contributed by atoms with Crippen molar-refractivity contribution in [3.05, 3.63) is 70.2 Å². The molecule has 0 radical (unpaired) electrons. The molecule has 1 amide bonds. The first kappa shape index (κ1) is 19.3. The average molecular weight is 407 g/mol. The molecule has 148 valence electrons. The van der Waals surface area contributed by atoms with Crippen molar-refractivity contribution in [2.24, 2.45) is 0 Å². The molecule has 0 bridgehead atoms. The van der Waals surface area contributed by atoms with E-state index in [1.807, 2.05) is 24.3 Å². The Morgan fingerprint density at radius 1 is 0.964 bits per heavy atom. The maximum atomic E-state index is 13.4. The summed E-state index contributed by atoms with van der Waals surface area (Å²) in [6.07, 6.45) is 1.07. The first-order valence-electron chi connectivity index (χ1n) is 9.26. The van der Waals surface area contributed by atoms with Gasteiger partial charge in [0.1, 0.15) is 0 Å². The summed E-state index contributed by atoms with van der Waals surface area (Å²) in [5.41, 5.74) is 8.00. The fraction of sp³-hybridized carbons (Fsp3) is 0.350. The fourth-order valence-corrected chi connectivity index (χ4v) is 3.87. The van der Waals surface area contributed by atoms with Crippen molar-refractivity contribution in [1.29, 1.82) is 0 Å². The van der Waals surface area contributed by atoms with E-state index in [9.17, 15) is 13.6 Å². The highest BCUT2D eigenvalue weighted by Gasteiger charge is 2.32. The van der Waals surface area contributed by atoms with Crippen LogP contribution in [-0.4, -0.2) is 48.1 Å². The normalized spacial score (nSPS) is 23.2. The summed E-state index contributed by atoms with van der Waals surface area (Å²) in [4.78, 5) is 16.5. The van der Waals surface area contributed by atoms with Gasteiger partial charge in [-0.1, -0.05) is 23.7 Å². The maximum Gasteiger partial charge on any atom is 0.254 e. The molecule has 2 aliphatic heterocycles. The van der Waals surface area contributed by atoms with Crippen LogP contribution >= 0.6 is 11.6 Å². The fourth-order valence-electron chi connectivity index (χ4n) is 3.74. The molecule has 2 atom stereocenters. The van der Waals surface area contributed by atoms with E-state index in [4.69, 9.17) is 11.6 Å². The predicted octanol–water partition coefficient (Wildman–Crippen LogP) is 2.94. The molecule has 0 saturated carbocycles. The molecule has 0 aromatic heterocycles. The van der Waals surface area contributed by atoms with E-state index in [0.717, 1.165) is 18.6 Å². The Labute approximate surface area is 167 Å². The lowest BCUT2D eigenvalue weighted by atomic mass is 10.0. The number of nitrogens with zero attached hydrogens (tertiary/aromatic N) is 2. The molecule has 2 heterocycles. The second kappa shape index (κ2) is 8.13. The molecule has 0 aliphatic carbocycles. The average Bonchev–Trinajstić information content (AvgIpc) is 3.20. The number of amides is 1. The summed E-state index contributed by atoms with van der Waals surface area (Å²) in [6, 6.07) is 11.3. The van der Waals surface area contributed by atoms with Gasteiger partial charge in [-0.3, -0.25) is 9.69 Å². The van der Waals surface area contributed by atoms with E-state index in [2.05, 4.69) is 15.8 Å². The molecule has 2 fully saturated rings. The zero-order chi connectivity index (χ0) is 19.7. The number of benzene rings is 2. The molecule has 2 aromatic rings. The number of carbonyl (C=O) groups excluding carboxylic acids is 1. The van der Waals surface area contributed by atoms with Crippen molar-refractivity contribution < 1.29 is 13.6 Å². The number of hydrazine groups is 1. The predicted molar refractivity (Wildman–Crippen MR) is 103 cm³/mol. The Hall–Kier alpha value is -2.06. The van der Waals surface area contributed by atoms with Crippen LogP contribution in [0, 0.1) is 11.6 Å². The minimum atomic E-state index is -1.00. The molecule has 2 saturated heterocycles. The van der Waals surface area contributed by atoms with E-state index in [1.54, 1.807) is 4.90 Å². The Morgan fingerprint density at radius 2 is 1.68 bits per heavy atom. The number of halogens is 3. The van der Waals surface area contributed by atoms with Crippen LogP contribution in [0.1, 0.15) is 28.4 Å². The second-order valence-corrected chi connectivity index (χ2v) is 7.54. The van der Waals surface area contributed by atoms with Crippen LogP contribution in [0.25, 0.3) is 0 Å². The van der Waals surface area contributed by atoms with Gasteiger partial charge in [-0.15, -0.1) is 0 Å². The Morgan fingerprint density at radius 3 is 2.36 bits per heavy atom. The molecule has 2 aliphatic rings. The van der Waals surface area contributed by atoms with Crippen LogP contribution in [0.2, 0.25) is 5.02 Å². The van der Waals surface area contributed by atoms with Crippen LogP contribution in [0.15, 0.2) is 42.5 Å². The first-order chi connectivity index (χ1) is 13.5. The number of rotatable bonds is 3. The molecule has 0 spiro atoms. The third-order valence-corrected chi connectivity index (χ3v) is 5.62. The van der Waals surface area contributed by atoms with Crippen molar-refractivity contribution in [1.82, 2.24) is 20.7 Å². The molecular formula is C20H21ClF2N4O. The van der Waals surface area contributed by atoms with E-state index in [0.29, 0.717) is 31.2 Å². The Kier molecular flexibility index (Phi) is 5.59. The number of nitrogens with one attached hydrogen (secondary N) is 2. The highest BCUT2D eigenvalue weighted by molar-refractivity contribution is 6.30. The van der Waals surface area contributed by atoms with E-state index in [1.165, 1.54) is 11.6 Å². The van der Waals surface area contributed by atoms with Gasteiger partial charge in [-0.05, 0) is 42.3 Å². The highest BCUT2D eigenvalue weighted by Crippen LogP contribution is 2.25. The summed E-state index contributed by atoms with van der Waals surface area (Å²) in [5, 5.41) is 0.716. The zero-order valence-corrected chi connectivity index (χ0v) is 15.9. The van der Waals surface area contributed by atoms with Gasteiger partial charge in [-0.2, -0.15) is 0 Å². The molecule has 5 nitrogen and oxygen atoms in total. The Bertz CT molecular complexity index is 856. The summed E-state index contributed by atoms with van der Waals surface area (Å²) in [6.45, 7) is 2.51. The van der Waals surface area contributed by atoms with Gasteiger partial charge in [0.15, 0.2) is 11.6 Å². The molecule has 2 aromatic carbocycles. The second-order valence-electron chi connectivity index (χ2n) is 7.10. The van der Waals surface area contributed by atoms with Crippen LogP contribution in [0.5, 0.6) is 0 Å². The van der Waals surface area contributed by atoms with Gasteiger partial charge in [0.2, 0.25) is 0 Å². The minimum absolute atomic E-state index is 0.168. The highest BCUT2D eigenvalue weighted by atomic mass is 35.5. The van der Waals surface area contributed by atoms with Gasteiger partial charge >= 0.3 is 0 Å². The summed E-state index contributed by atoms with van der Waals surface area (Å²) >= 11 is 5.95. The minimum Gasteiger partial charge on any atom is -0.336 e. The number of hydrogen-bond donors (Lipinski definition) is 2. The van der Waals surface area contributed by atoms with Crippen molar-refractivity contribution in [3.63, 3.8) is 0 Å². The van der Waals surface area contributed by atoms with Crippen LogP contribution in [-0.2, 0) is 0 Å². The number of piperazine rings is 1. The van der Waals surface area contributed by atoms with Crippen LogP contribution < -0.4 is 10.9 Å². The summed E-state index contributed by atoms with van der Waals surface area (Å²) in [5.74, 6) is -2.22. The van der Waals surface area contributed by atoms with Crippen LogP contribution in [0.4, 0.5) is 8.78 Å². The van der Waals surface area contributed by atoms with Crippen molar-refractivity contribution in [3.8, 4) is 0 Å². The smallest absolute Gasteiger partial charge is 0.254 e. The molecule has 2 unspecified atom stereocenters. The largest absolute Gasteiger partial charge is 0.336 e. The van der Waals surface area contributed by atoms with Gasteiger partial charge in [0.05, 0.1) is 6.17 Å². The van der Waals surface area contributed by atoms with Crippen molar-refractivity contribution >= 4 is 17.5 Å². The van der Waals surface area contributed by atoms with Crippen molar-refractivity contribution in [2.45, 2.75) is 18.6 Å². The van der Waals surface area contributed by atoms with E-state index in [-0.39, 0.29) is 23.7 Å². The lowest BCUT2D eigenvalue weighted by Crippen LogP contribution is -2.55. The van der Waals surface area contributed by atoms with E-state index >= 15 is 0 Å². The Balaban J connectivity index is 1.32. The molecule has 8 heteroatoms. The van der Waals surface area contributed by atoms with Crippen molar-refractivity contribution in [2.75, 3.05) is 26.2 Å². The molecular weight excluding hydrogens is 386 g/mol. The summed E-state index contributed by atoms with van der Waals surface area (Å²) in [7, 11) is 0. The quantitative estimate of drug-likeness (QED) is 0.822.